The summed E-state index contributed by atoms with van der Waals surface area (Å²) in [6.07, 6.45) is 2.70. The Morgan fingerprint density at radius 2 is 1.81 bits per heavy atom. The van der Waals surface area contributed by atoms with Gasteiger partial charge in [0.1, 0.15) is 19.0 Å². The number of aromatic amines is 1. The predicted octanol–water partition coefficient (Wildman–Crippen LogP) is 2.67. The summed E-state index contributed by atoms with van der Waals surface area (Å²) in [5.74, 6) is 0.273. The Bertz CT molecular complexity index is 964. The second-order valence-corrected chi connectivity index (χ2v) is 5.45. The minimum Gasteiger partial charge on any atom is -0.491 e. The zero-order valence-electron chi connectivity index (χ0n) is 14.0. The number of carbonyl (C=O) groups is 1. The first-order valence-electron chi connectivity index (χ1n) is 8.12. The van der Waals surface area contributed by atoms with Gasteiger partial charge >= 0.3 is 0 Å². The van der Waals surface area contributed by atoms with Crippen molar-refractivity contribution < 1.29 is 14.4 Å². The molecule has 2 aromatic carbocycles. The normalized spacial score (nSPS) is 10.9. The summed E-state index contributed by atoms with van der Waals surface area (Å²) in [5, 5.41) is 0.890. The van der Waals surface area contributed by atoms with E-state index >= 15 is 0 Å². The van der Waals surface area contributed by atoms with E-state index in [1.807, 2.05) is 54.6 Å². The van der Waals surface area contributed by atoms with Crippen molar-refractivity contribution in [3.8, 4) is 5.75 Å². The summed E-state index contributed by atoms with van der Waals surface area (Å²) < 4.78 is 5.43. The second-order valence-electron chi connectivity index (χ2n) is 5.45. The summed E-state index contributed by atoms with van der Waals surface area (Å²) in [7, 11) is 0. The van der Waals surface area contributed by atoms with Crippen LogP contribution in [0, 0.1) is 0 Å². The van der Waals surface area contributed by atoms with Gasteiger partial charge in [0.2, 0.25) is 0 Å². The number of nitrogens with one attached hydrogen (secondary N) is 2. The Morgan fingerprint density at radius 1 is 1.04 bits per heavy atom. The van der Waals surface area contributed by atoms with Crippen molar-refractivity contribution >= 4 is 22.9 Å². The average molecular weight is 350 g/mol. The quantitative estimate of drug-likeness (QED) is 0.390. The summed E-state index contributed by atoms with van der Waals surface area (Å²) in [6.45, 7) is 0.503. The van der Waals surface area contributed by atoms with Crippen LogP contribution >= 0.6 is 0 Å². The van der Waals surface area contributed by atoms with Crippen LogP contribution in [-0.2, 0) is 9.63 Å². The number of amides is 1. The molecule has 0 saturated carbocycles. The summed E-state index contributed by atoms with van der Waals surface area (Å²) in [6, 6.07) is 18.5. The third kappa shape index (κ3) is 4.81. The Balaban J connectivity index is 1.47. The van der Waals surface area contributed by atoms with Crippen LogP contribution in [0.5, 0.6) is 5.75 Å². The molecule has 1 amide bonds. The zero-order chi connectivity index (χ0) is 18.2. The Kier molecular flexibility index (Phi) is 5.80. The number of benzene rings is 2. The fourth-order valence-electron chi connectivity index (χ4n) is 2.33. The Hall–Kier alpha value is -3.38. The van der Waals surface area contributed by atoms with Crippen molar-refractivity contribution in [1.82, 2.24) is 10.5 Å². The number of fused-ring (bicyclic) bond motifs is 1. The van der Waals surface area contributed by atoms with Crippen LogP contribution in [0.15, 0.2) is 71.5 Å². The van der Waals surface area contributed by atoms with E-state index in [4.69, 9.17) is 9.57 Å². The maximum atomic E-state index is 12.0. The first kappa shape index (κ1) is 17.4. The standard InChI is InChI=1S/C20H18N2O4/c23-19(22-26-13-12-25-17-7-2-1-3-8-17)11-10-16-14-15-6-4-5-9-18(15)21-20(16)24/h1-11,14H,12-13H2,(H,21,24)(H,22,23)/b11-10+. The van der Waals surface area contributed by atoms with Gasteiger partial charge < -0.3 is 9.72 Å². The summed E-state index contributed by atoms with van der Waals surface area (Å²) >= 11 is 0. The molecule has 0 unspecified atom stereocenters. The molecule has 6 heteroatoms. The van der Waals surface area contributed by atoms with Crippen LogP contribution in [0.1, 0.15) is 5.56 Å². The summed E-state index contributed by atoms with van der Waals surface area (Å²) in [5.41, 5.74) is 3.16. The van der Waals surface area contributed by atoms with Crippen molar-refractivity contribution in [2.45, 2.75) is 0 Å². The highest BCUT2D eigenvalue weighted by atomic mass is 16.7. The minimum absolute atomic E-state index is 0.199. The Morgan fingerprint density at radius 3 is 2.65 bits per heavy atom. The summed E-state index contributed by atoms with van der Waals surface area (Å²) in [4.78, 5) is 31.6. The first-order valence-corrected chi connectivity index (χ1v) is 8.12. The highest BCUT2D eigenvalue weighted by Crippen LogP contribution is 2.10. The lowest BCUT2D eigenvalue weighted by atomic mass is 10.1. The number of para-hydroxylation sites is 2. The van der Waals surface area contributed by atoms with Gasteiger partial charge in [-0.1, -0.05) is 36.4 Å². The molecule has 6 nitrogen and oxygen atoms in total. The molecule has 132 valence electrons. The highest BCUT2D eigenvalue weighted by Gasteiger charge is 2.01. The smallest absolute Gasteiger partial charge is 0.267 e. The van der Waals surface area contributed by atoms with Crippen molar-refractivity contribution in [1.29, 1.82) is 0 Å². The molecule has 0 aliphatic heterocycles. The van der Waals surface area contributed by atoms with Crippen molar-refractivity contribution in [2.75, 3.05) is 13.2 Å². The molecule has 0 bridgehead atoms. The molecule has 3 aromatic rings. The monoisotopic (exact) mass is 350 g/mol. The number of hydrogen-bond acceptors (Lipinski definition) is 4. The van der Waals surface area contributed by atoms with E-state index in [1.165, 1.54) is 12.2 Å². The molecule has 0 fully saturated rings. The second kappa shape index (κ2) is 8.64. The Labute approximate surface area is 150 Å². The number of hydrogen-bond donors (Lipinski definition) is 2. The van der Waals surface area contributed by atoms with Gasteiger partial charge in [0, 0.05) is 17.2 Å². The van der Waals surface area contributed by atoms with Gasteiger partial charge in [-0.25, -0.2) is 5.48 Å². The number of pyridine rings is 1. The molecule has 1 heterocycles. The van der Waals surface area contributed by atoms with Gasteiger partial charge in [0.05, 0.1) is 0 Å². The van der Waals surface area contributed by atoms with Gasteiger partial charge in [-0.15, -0.1) is 0 Å². The van der Waals surface area contributed by atoms with Gasteiger partial charge in [0.15, 0.2) is 0 Å². The molecular formula is C20H18N2O4. The number of rotatable bonds is 7. The van der Waals surface area contributed by atoms with Crippen LogP contribution in [0.2, 0.25) is 0 Å². The number of carbonyl (C=O) groups excluding carboxylic acids is 1. The fourth-order valence-corrected chi connectivity index (χ4v) is 2.33. The average Bonchev–Trinajstić information content (AvgIpc) is 2.67. The molecule has 3 rings (SSSR count). The minimum atomic E-state index is -0.461. The number of aromatic nitrogens is 1. The lowest BCUT2D eigenvalue weighted by Crippen LogP contribution is -2.24. The van der Waals surface area contributed by atoms with Crippen LogP contribution < -0.4 is 15.8 Å². The van der Waals surface area contributed by atoms with E-state index in [0.717, 1.165) is 16.7 Å². The maximum absolute atomic E-state index is 12.0. The molecule has 0 spiro atoms. The predicted molar refractivity (Wildman–Crippen MR) is 99.6 cm³/mol. The molecule has 0 radical (unpaired) electrons. The van der Waals surface area contributed by atoms with Gasteiger partial charge in [-0.3, -0.25) is 14.4 Å². The van der Waals surface area contributed by atoms with Crippen molar-refractivity contribution in [2.24, 2.45) is 0 Å². The largest absolute Gasteiger partial charge is 0.491 e. The first-order chi connectivity index (χ1) is 12.7. The zero-order valence-corrected chi connectivity index (χ0v) is 14.0. The molecule has 0 atom stereocenters. The molecule has 0 aliphatic carbocycles. The van der Waals surface area contributed by atoms with E-state index in [0.29, 0.717) is 12.2 Å². The third-order valence-corrected chi connectivity index (χ3v) is 3.57. The lowest BCUT2D eigenvalue weighted by Gasteiger charge is -2.06. The number of hydroxylamine groups is 1. The molecule has 0 saturated heterocycles. The third-order valence-electron chi connectivity index (χ3n) is 3.57. The molecule has 0 aliphatic rings. The van der Waals surface area contributed by atoms with Crippen LogP contribution in [0.25, 0.3) is 17.0 Å². The number of H-pyrrole nitrogens is 1. The topological polar surface area (TPSA) is 80.4 Å². The van der Waals surface area contributed by atoms with Gasteiger partial charge in [-0.2, -0.15) is 0 Å². The molecule has 2 N–H and O–H groups in total. The van der Waals surface area contributed by atoms with Gasteiger partial charge in [-0.05, 0) is 35.7 Å². The fraction of sp³-hybridized carbons (Fsp3) is 0.100. The highest BCUT2D eigenvalue weighted by molar-refractivity contribution is 5.91. The van der Waals surface area contributed by atoms with Crippen molar-refractivity contribution in [3.05, 3.63) is 82.7 Å². The van der Waals surface area contributed by atoms with Crippen molar-refractivity contribution in [3.63, 3.8) is 0 Å². The van der Waals surface area contributed by atoms with E-state index in [-0.39, 0.29) is 12.2 Å². The van der Waals surface area contributed by atoms with Gasteiger partial charge in [0.25, 0.3) is 11.5 Å². The molecule has 26 heavy (non-hydrogen) atoms. The molecular weight excluding hydrogens is 332 g/mol. The number of ether oxygens (including phenoxy) is 1. The molecule has 1 aromatic heterocycles. The lowest BCUT2D eigenvalue weighted by molar-refractivity contribution is -0.128. The van der Waals surface area contributed by atoms with Crippen LogP contribution in [-0.4, -0.2) is 24.1 Å². The SMILES string of the molecule is O=C(/C=C/c1cc2ccccc2[nH]c1=O)NOCCOc1ccccc1. The van der Waals surface area contributed by atoms with Crippen LogP contribution in [0.3, 0.4) is 0 Å². The van der Waals surface area contributed by atoms with E-state index < -0.39 is 5.91 Å². The van der Waals surface area contributed by atoms with E-state index in [9.17, 15) is 9.59 Å². The van der Waals surface area contributed by atoms with E-state index in [2.05, 4.69) is 10.5 Å². The maximum Gasteiger partial charge on any atom is 0.267 e. The van der Waals surface area contributed by atoms with E-state index in [1.54, 1.807) is 6.07 Å². The van der Waals surface area contributed by atoms with Crippen LogP contribution in [0.4, 0.5) is 0 Å².